The van der Waals surface area contributed by atoms with Gasteiger partial charge in [0.1, 0.15) is 0 Å². The molecule has 0 spiro atoms. The van der Waals surface area contributed by atoms with E-state index >= 15 is 0 Å². The van der Waals surface area contributed by atoms with E-state index in [1.807, 2.05) is 0 Å². The monoisotopic (exact) mass is 230 g/mol. The predicted octanol–water partition coefficient (Wildman–Crippen LogP) is 0.338. The number of nitrogens with one attached hydrogen (secondary N) is 1. The van der Waals surface area contributed by atoms with Crippen LogP contribution in [-0.4, -0.2) is 25.7 Å². The summed E-state index contributed by atoms with van der Waals surface area (Å²) in [6.45, 7) is 0. The molecule has 0 aliphatic heterocycles. The highest BCUT2D eigenvalue weighted by atomic mass is 32.2. The number of carboxylic acid groups (broad SMARTS) is 1. The lowest BCUT2D eigenvalue weighted by atomic mass is 10.1. The van der Waals surface area contributed by atoms with Crippen molar-refractivity contribution < 1.29 is 18.3 Å². The first-order chi connectivity index (χ1) is 6.79. The van der Waals surface area contributed by atoms with E-state index in [1.54, 1.807) is 0 Å². The van der Waals surface area contributed by atoms with E-state index in [0.717, 1.165) is 6.26 Å². The van der Waals surface area contributed by atoms with Crippen molar-refractivity contribution in [2.24, 2.45) is 0 Å². The number of carbonyl (C=O) groups is 1. The Bertz CT molecular complexity index is 495. The largest absolute Gasteiger partial charge is 0.478 e. The molecule has 0 radical (unpaired) electrons. The second-order valence-corrected chi connectivity index (χ2v) is 4.73. The molecule has 0 aromatic heterocycles. The third-order valence-corrected chi connectivity index (χ3v) is 2.16. The van der Waals surface area contributed by atoms with Crippen LogP contribution >= 0.6 is 0 Å². The van der Waals surface area contributed by atoms with Crippen LogP contribution in [0, 0.1) is 0 Å². The van der Waals surface area contributed by atoms with Crippen molar-refractivity contribution in [2.45, 2.75) is 0 Å². The number of benzene rings is 1. The van der Waals surface area contributed by atoms with Crippen molar-refractivity contribution in [3.05, 3.63) is 23.8 Å². The summed E-state index contributed by atoms with van der Waals surface area (Å²) in [5, 5.41) is 8.78. The van der Waals surface area contributed by atoms with Crippen molar-refractivity contribution in [1.29, 1.82) is 0 Å². The molecular formula is C8H10N2O4S. The van der Waals surface area contributed by atoms with Gasteiger partial charge in [0.05, 0.1) is 17.5 Å². The molecule has 0 saturated heterocycles. The topological polar surface area (TPSA) is 109 Å². The first-order valence-corrected chi connectivity index (χ1v) is 5.79. The molecule has 0 aliphatic carbocycles. The minimum absolute atomic E-state index is 0.0370. The second kappa shape index (κ2) is 3.77. The minimum atomic E-state index is -3.52. The zero-order valence-electron chi connectivity index (χ0n) is 7.89. The molecule has 1 aromatic carbocycles. The third-order valence-electron chi connectivity index (χ3n) is 1.57. The molecule has 82 valence electrons. The summed E-state index contributed by atoms with van der Waals surface area (Å²) >= 11 is 0. The van der Waals surface area contributed by atoms with E-state index in [-0.39, 0.29) is 16.9 Å². The molecule has 7 heteroatoms. The fourth-order valence-electron chi connectivity index (χ4n) is 1.03. The van der Waals surface area contributed by atoms with Gasteiger partial charge in [-0.05, 0) is 18.2 Å². The summed E-state index contributed by atoms with van der Waals surface area (Å²) in [7, 11) is -3.52. The molecule has 6 nitrogen and oxygen atoms in total. The van der Waals surface area contributed by atoms with Crippen LogP contribution in [0.3, 0.4) is 0 Å². The Kier molecular flexibility index (Phi) is 2.85. The van der Waals surface area contributed by atoms with Gasteiger partial charge in [-0.1, -0.05) is 0 Å². The number of hydrogen-bond acceptors (Lipinski definition) is 4. The molecule has 0 bridgehead atoms. The Morgan fingerprint density at radius 1 is 1.47 bits per heavy atom. The third kappa shape index (κ3) is 3.13. The number of carboxylic acids is 1. The normalized spacial score (nSPS) is 11.0. The van der Waals surface area contributed by atoms with E-state index in [2.05, 4.69) is 4.72 Å². The molecule has 0 saturated carbocycles. The molecule has 0 unspecified atom stereocenters. The smallest absolute Gasteiger partial charge is 0.337 e. The molecule has 0 heterocycles. The van der Waals surface area contributed by atoms with Gasteiger partial charge in [0.2, 0.25) is 10.0 Å². The van der Waals surface area contributed by atoms with Crippen LogP contribution < -0.4 is 10.5 Å². The van der Waals surface area contributed by atoms with Crippen LogP contribution in [-0.2, 0) is 10.0 Å². The first-order valence-electron chi connectivity index (χ1n) is 3.90. The maximum atomic E-state index is 10.9. The number of anilines is 2. The predicted molar refractivity (Wildman–Crippen MR) is 56.3 cm³/mol. The molecule has 4 N–H and O–H groups in total. The Balaban J connectivity index is 3.25. The van der Waals surface area contributed by atoms with Gasteiger partial charge in [-0.25, -0.2) is 13.2 Å². The lowest BCUT2D eigenvalue weighted by Crippen LogP contribution is -2.13. The summed E-state index contributed by atoms with van der Waals surface area (Å²) in [5.41, 5.74) is 5.52. The van der Waals surface area contributed by atoms with Gasteiger partial charge in [0.15, 0.2) is 0 Å². The van der Waals surface area contributed by atoms with E-state index < -0.39 is 16.0 Å². The number of sulfonamides is 1. The molecular weight excluding hydrogens is 220 g/mol. The zero-order chi connectivity index (χ0) is 11.6. The average Bonchev–Trinajstić information content (AvgIpc) is 1.99. The molecule has 0 aliphatic rings. The molecule has 0 atom stereocenters. The molecule has 1 aromatic rings. The lowest BCUT2D eigenvalue weighted by molar-refractivity contribution is 0.0698. The number of hydrogen-bond donors (Lipinski definition) is 3. The van der Waals surface area contributed by atoms with Gasteiger partial charge in [0.25, 0.3) is 0 Å². The maximum Gasteiger partial charge on any atom is 0.337 e. The van der Waals surface area contributed by atoms with E-state index in [1.165, 1.54) is 18.2 Å². The van der Waals surface area contributed by atoms with E-state index in [0.29, 0.717) is 0 Å². The summed E-state index contributed by atoms with van der Waals surface area (Å²) in [6, 6.07) is 3.88. The van der Waals surface area contributed by atoms with Crippen molar-refractivity contribution in [1.82, 2.24) is 0 Å². The van der Waals surface area contributed by atoms with Crippen LogP contribution in [0.2, 0.25) is 0 Å². The van der Waals surface area contributed by atoms with Gasteiger partial charge in [-0.3, -0.25) is 4.72 Å². The quantitative estimate of drug-likeness (QED) is 0.648. The lowest BCUT2D eigenvalue weighted by Gasteiger charge is -2.08. The van der Waals surface area contributed by atoms with Gasteiger partial charge >= 0.3 is 5.97 Å². The fourth-order valence-corrected chi connectivity index (χ4v) is 1.60. The minimum Gasteiger partial charge on any atom is -0.478 e. The first kappa shape index (κ1) is 11.3. The molecule has 15 heavy (non-hydrogen) atoms. The van der Waals surface area contributed by atoms with Gasteiger partial charge < -0.3 is 10.8 Å². The number of aromatic carboxylic acids is 1. The van der Waals surface area contributed by atoms with Gasteiger partial charge in [0, 0.05) is 5.69 Å². The number of nitrogens with two attached hydrogens (primary N) is 1. The Morgan fingerprint density at radius 3 is 2.53 bits per heavy atom. The number of nitrogen functional groups attached to an aromatic ring is 1. The van der Waals surface area contributed by atoms with Crippen molar-refractivity contribution in [2.75, 3.05) is 16.7 Å². The highest BCUT2D eigenvalue weighted by molar-refractivity contribution is 7.92. The maximum absolute atomic E-state index is 10.9. The van der Waals surface area contributed by atoms with Gasteiger partial charge in [-0.2, -0.15) is 0 Å². The standard InChI is InChI=1S/C8H10N2O4S/c1-15(13,14)10-7-4-5(9)2-3-6(7)8(11)12/h2-4,10H,9H2,1H3,(H,11,12). The molecule has 0 amide bonds. The fraction of sp³-hybridized carbons (Fsp3) is 0.125. The summed E-state index contributed by atoms with van der Waals surface area (Å²) < 4.78 is 24.0. The van der Waals surface area contributed by atoms with Crippen molar-refractivity contribution in [3.8, 4) is 0 Å². The summed E-state index contributed by atoms with van der Waals surface area (Å²) in [6.07, 6.45) is 0.932. The van der Waals surface area contributed by atoms with Crippen molar-refractivity contribution >= 4 is 27.4 Å². The Labute approximate surface area is 86.8 Å². The van der Waals surface area contributed by atoms with Crippen LogP contribution in [0.15, 0.2) is 18.2 Å². The van der Waals surface area contributed by atoms with Crippen molar-refractivity contribution in [3.63, 3.8) is 0 Å². The molecule has 0 fully saturated rings. The molecule has 1 rings (SSSR count). The van der Waals surface area contributed by atoms with E-state index in [9.17, 15) is 13.2 Å². The van der Waals surface area contributed by atoms with E-state index in [4.69, 9.17) is 10.8 Å². The highest BCUT2D eigenvalue weighted by Crippen LogP contribution is 2.20. The highest BCUT2D eigenvalue weighted by Gasteiger charge is 2.13. The zero-order valence-corrected chi connectivity index (χ0v) is 8.71. The second-order valence-electron chi connectivity index (χ2n) is 2.98. The Hall–Kier alpha value is -1.76. The van der Waals surface area contributed by atoms with Crippen LogP contribution in [0.4, 0.5) is 11.4 Å². The van der Waals surface area contributed by atoms with Crippen LogP contribution in [0.25, 0.3) is 0 Å². The Morgan fingerprint density at radius 2 is 2.07 bits per heavy atom. The van der Waals surface area contributed by atoms with Crippen LogP contribution in [0.5, 0.6) is 0 Å². The SMILES string of the molecule is CS(=O)(=O)Nc1cc(N)ccc1C(=O)O. The average molecular weight is 230 g/mol. The summed E-state index contributed by atoms with van der Waals surface area (Å²) in [5.74, 6) is -1.22. The summed E-state index contributed by atoms with van der Waals surface area (Å²) in [4.78, 5) is 10.7. The van der Waals surface area contributed by atoms with Crippen LogP contribution in [0.1, 0.15) is 10.4 Å². The number of rotatable bonds is 3. The van der Waals surface area contributed by atoms with Gasteiger partial charge in [-0.15, -0.1) is 0 Å².